The largest absolute Gasteiger partial charge is 0.361 e. The van der Waals surface area contributed by atoms with Gasteiger partial charge in [0.1, 0.15) is 0 Å². The van der Waals surface area contributed by atoms with E-state index in [1.165, 1.54) is 5.39 Å². The van der Waals surface area contributed by atoms with Gasteiger partial charge in [-0.1, -0.05) is 18.2 Å². The number of nitrogens with one attached hydrogen (secondary N) is 1. The van der Waals surface area contributed by atoms with E-state index in [2.05, 4.69) is 11.1 Å². The van der Waals surface area contributed by atoms with Crippen molar-refractivity contribution >= 4 is 22.7 Å². The minimum absolute atomic E-state index is 0.0155. The van der Waals surface area contributed by atoms with Crippen molar-refractivity contribution in [1.29, 1.82) is 0 Å². The third-order valence-electron chi connectivity index (χ3n) is 4.09. The van der Waals surface area contributed by atoms with Crippen LogP contribution in [0.25, 0.3) is 10.9 Å². The highest BCUT2D eigenvalue weighted by Crippen LogP contribution is 2.19. The van der Waals surface area contributed by atoms with Crippen LogP contribution in [0.2, 0.25) is 0 Å². The molecule has 1 fully saturated rings. The van der Waals surface area contributed by atoms with E-state index in [0.29, 0.717) is 25.9 Å². The summed E-state index contributed by atoms with van der Waals surface area (Å²) in [5.74, 6) is 0.0726. The highest BCUT2D eigenvalue weighted by Gasteiger charge is 2.24. The fourth-order valence-electron chi connectivity index (χ4n) is 2.71. The summed E-state index contributed by atoms with van der Waals surface area (Å²) in [5.41, 5.74) is 2.24. The van der Waals surface area contributed by atoms with Crippen LogP contribution >= 0.6 is 0 Å². The Morgan fingerprint density at radius 2 is 2.10 bits per heavy atom. The number of nitrogens with zero attached hydrogens (tertiary/aromatic N) is 2. The molecule has 1 aliphatic rings. The maximum absolute atomic E-state index is 12.2. The summed E-state index contributed by atoms with van der Waals surface area (Å²) in [5, 5.41) is 1.17. The van der Waals surface area contributed by atoms with Gasteiger partial charge in [0.15, 0.2) is 0 Å². The second-order valence-electron chi connectivity index (χ2n) is 5.49. The van der Waals surface area contributed by atoms with Gasteiger partial charge < -0.3 is 14.8 Å². The van der Waals surface area contributed by atoms with E-state index in [-0.39, 0.29) is 18.4 Å². The average Bonchev–Trinajstić information content (AvgIpc) is 2.91. The van der Waals surface area contributed by atoms with Gasteiger partial charge in [-0.3, -0.25) is 9.59 Å². The fourth-order valence-corrected chi connectivity index (χ4v) is 2.71. The molecule has 110 valence electrons. The van der Waals surface area contributed by atoms with Crippen molar-refractivity contribution in [2.24, 2.45) is 0 Å². The molecule has 0 aliphatic carbocycles. The van der Waals surface area contributed by atoms with Crippen molar-refractivity contribution in [3.63, 3.8) is 0 Å². The minimum Gasteiger partial charge on any atom is -0.361 e. The van der Waals surface area contributed by atoms with Crippen LogP contribution in [0.5, 0.6) is 0 Å². The molecule has 1 aromatic carbocycles. The van der Waals surface area contributed by atoms with E-state index in [9.17, 15) is 9.59 Å². The molecule has 1 aliphatic heterocycles. The Morgan fingerprint density at radius 3 is 2.90 bits per heavy atom. The first-order chi connectivity index (χ1) is 10.1. The number of fused-ring (bicyclic) bond motifs is 1. The van der Waals surface area contributed by atoms with Gasteiger partial charge in [-0.25, -0.2) is 0 Å². The number of hydrogen-bond acceptors (Lipinski definition) is 2. The van der Waals surface area contributed by atoms with Gasteiger partial charge in [0.05, 0.1) is 6.54 Å². The van der Waals surface area contributed by atoms with Crippen LogP contribution in [-0.2, 0) is 16.0 Å². The van der Waals surface area contributed by atoms with E-state index in [4.69, 9.17) is 0 Å². The van der Waals surface area contributed by atoms with Crippen molar-refractivity contribution in [2.45, 2.75) is 12.8 Å². The molecule has 3 rings (SSSR count). The lowest BCUT2D eigenvalue weighted by Gasteiger charge is -2.32. The molecule has 1 N–H and O–H groups in total. The first-order valence-electron chi connectivity index (χ1n) is 7.22. The number of piperazine rings is 1. The smallest absolute Gasteiger partial charge is 0.241 e. The Labute approximate surface area is 123 Å². The Balaban J connectivity index is 1.62. The van der Waals surface area contributed by atoms with Gasteiger partial charge in [0.25, 0.3) is 0 Å². The zero-order valence-electron chi connectivity index (χ0n) is 12.1. The molecule has 1 aromatic heterocycles. The van der Waals surface area contributed by atoms with Gasteiger partial charge in [-0.15, -0.1) is 0 Å². The first kappa shape index (κ1) is 13.7. The summed E-state index contributed by atoms with van der Waals surface area (Å²) in [7, 11) is 1.77. The number of aromatic nitrogens is 1. The molecule has 0 spiro atoms. The molecular weight excluding hydrogens is 266 g/mol. The van der Waals surface area contributed by atoms with E-state index in [1.807, 2.05) is 24.4 Å². The number of carbonyl (C=O) groups is 2. The van der Waals surface area contributed by atoms with Crippen molar-refractivity contribution in [1.82, 2.24) is 14.8 Å². The molecule has 0 atom stereocenters. The zero-order valence-corrected chi connectivity index (χ0v) is 12.1. The molecule has 0 unspecified atom stereocenters. The molecule has 0 bridgehead atoms. The Hall–Kier alpha value is -2.30. The third kappa shape index (κ3) is 2.77. The van der Waals surface area contributed by atoms with Crippen molar-refractivity contribution < 1.29 is 9.59 Å². The molecule has 2 aromatic rings. The van der Waals surface area contributed by atoms with Gasteiger partial charge in [0.2, 0.25) is 11.8 Å². The zero-order chi connectivity index (χ0) is 14.8. The van der Waals surface area contributed by atoms with Crippen LogP contribution < -0.4 is 0 Å². The molecule has 21 heavy (non-hydrogen) atoms. The molecule has 2 heterocycles. The quantitative estimate of drug-likeness (QED) is 0.927. The molecular formula is C16H19N3O2. The number of hydrogen-bond donors (Lipinski definition) is 1. The van der Waals surface area contributed by atoms with Gasteiger partial charge in [0, 0.05) is 43.7 Å². The Bertz CT molecular complexity index is 677. The molecule has 5 nitrogen and oxygen atoms in total. The third-order valence-corrected chi connectivity index (χ3v) is 4.09. The lowest BCUT2D eigenvalue weighted by Crippen LogP contribution is -2.50. The van der Waals surface area contributed by atoms with Crippen LogP contribution in [0.1, 0.15) is 12.0 Å². The Morgan fingerprint density at radius 1 is 1.29 bits per heavy atom. The van der Waals surface area contributed by atoms with Crippen molar-refractivity contribution in [3.8, 4) is 0 Å². The van der Waals surface area contributed by atoms with E-state index in [1.54, 1.807) is 16.8 Å². The average molecular weight is 285 g/mol. The Kier molecular flexibility index (Phi) is 3.64. The number of amides is 2. The number of aromatic amines is 1. The first-order valence-corrected chi connectivity index (χ1v) is 7.22. The molecule has 0 radical (unpaired) electrons. The van der Waals surface area contributed by atoms with Crippen molar-refractivity contribution in [3.05, 3.63) is 36.0 Å². The predicted octanol–water partition coefficient (Wildman–Crippen LogP) is 1.40. The van der Waals surface area contributed by atoms with Gasteiger partial charge in [-0.2, -0.15) is 0 Å². The minimum atomic E-state index is 0.0155. The number of H-pyrrole nitrogens is 1. The van der Waals surface area contributed by atoms with Crippen LogP contribution in [0.4, 0.5) is 0 Å². The van der Waals surface area contributed by atoms with Crippen LogP contribution in [0.15, 0.2) is 30.5 Å². The summed E-state index contributed by atoms with van der Waals surface area (Å²) in [6.45, 7) is 1.47. The number of carbonyl (C=O) groups excluding carboxylic acids is 2. The summed E-state index contributed by atoms with van der Waals surface area (Å²) >= 11 is 0. The monoisotopic (exact) mass is 285 g/mol. The van der Waals surface area contributed by atoms with Crippen molar-refractivity contribution in [2.75, 3.05) is 26.7 Å². The second kappa shape index (κ2) is 5.60. The molecule has 2 amide bonds. The summed E-state index contributed by atoms with van der Waals surface area (Å²) in [6, 6.07) is 8.08. The predicted molar refractivity (Wildman–Crippen MR) is 80.8 cm³/mol. The van der Waals surface area contributed by atoms with E-state index in [0.717, 1.165) is 11.1 Å². The number of likely N-dealkylation sites (N-methyl/N-ethyl adjacent to an activating group) is 1. The molecule has 5 heteroatoms. The molecule has 0 saturated carbocycles. The highest BCUT2D eigenvalue weighted by molar-refractivity contribution is 5.87. The SMILES string of the molecule is CN1CCN(C(=O)CCc2c[nH]c3ccccc23)CC1=O. The van der Waals surface area contributed by atoms with E-state index >= 15 is 0 Å². The maximum Gasteiger partial charge on any atom is 0.241 e. The summed E-state index contributed by atoms with van der Waals surface area (Å²) in [6.07, 6.45) is 3.11. The van der Waals surface area contributed by atoms with Crippen LogP contribution in [-0.4, -0.2) is 53.3 Å². The van der Waals surface area contributed by atoms with Gasteiger partial charge in [-0.05, 0) is 18.1 Å². The number of para-hydroxylation sites is 1. The summed E-state index contributed by atoms with van der Waals surface area (Å²) < 4.78 is 0. The van der Waals surface area contributed by atoms with Crippen LogP contribution in [0, 0.1) is 0 Å². The fraction of sp³-hybridized carbons (Fsp3) is 0.375. The number of rotatable bonds is 3. The van der Waals surface area contributed by atoms with Crippen LogP contribution in [0.3, 0.4) is 0 Å². The molecule has 1 saturated heterocycles. The maximum atomic E-state index is 12.2. The normalized spacial score (nSPS) is 15.8. The topological polar surface area (TPSA) is 56.4 Å². The second-order valence-corrected chi connectivity index (χ2v) is 5.49. The lowest BCUT2D eigenvalue weighted by molar-refractivity contribution is -0.144. The van der Waals surface area contributed by atoms with Gasteiger partial charge >= 0.3 is 0 Å². The number of aryl methyl sites for hydroxylation is 1. The highest BCUT2D eigenvalue weighted by atomic mass is 16.2. The standard InChI is InChI=1S/C16H19N3O2/c1-18-8-9-19(11-16(18)21)15(20)7-6-12-10-17-14-5-3-2-4-13(12)14/h2-5,10,17H,6-9,11H2,1H3. The number of benzene rings is 1. The summed E-state index contributed by atoms with van der Waals surface area (Å²) in [4.78, 5) is 30.4. The lowest BCUT2D eigenvalue weighted by atomic mass is 10.1. The van der Waals surface area contributed by atoms with E-state index < -0.39 is 0 Å².